The van der Waals surface area contributed by atoms with E-state index in [1.165, 1.54) is 35.4 Å². The Bertz CT molecular complexity index is 3360. The van der Waals surface area contributed by atoms with Gasteiger partial charge in [0, 0.05) is 71.1 Å². The van der Waals surface area contributed by atoms with Gasteiger partial charge in [0.05, 0.1) is 26.2 Å². The molecule has 0 saturated carbocycles. The van der Waals surface area contributed by atoms with Gasteiger partial charge in [0.15, 0.2) is 12.1 Å². The van der Waals surface area contributed by atoms with Crippen molar-refractivity contribution in [1.82, 2.24) is 37.2 Å². The molecule has 4 atom stereocenters. The number of hydrogen-bond acceptors (Lipinski definition) is 17. The predicted octanol–water partition coefficient (Wildman–Crippen LogP) is 4.82. The molecule has 0 fully saturated rings. The van der Waals surface area contributed by atoms with Gasteiger partial charge >= 0.3 is 41.4 Å². The van der Waals surface area contributed by atoms with Gasteiger partial charge in [-0.1, -0.05) is 104 Å². The van der Waals surface area contributed by atoms with Gasteiger partial charge in [0.1, 0.15) is 17.5 Å². The highest BCUT2D eigenvalue weighted by atomic mass is 31.2. The number of amides is 7. The lowest BCUT2D eigenvalue weighted by Gasteiger charge is -2.21. The number of unbranched alkanes of at least 4 members (excludes halogenated alkanes) is 6. The Labute approximate surface area is 591 Å². The summed E-state index contributed by atoms with van der Waals surface area (Å²) in [7, 11) is -12.8. The number of rotatable bonds is 48. The van der Waals surface area contributed by atoms with Crippen LogP contribution >= 0.6 is 23.5 Å². The molecule has 36 heteroatoms. The summed E-state index contributed by atoms with van der Waals surface area (Å²) in [6, 6.07) is 28.2. The van der Waals surface area contributed by atoms with Gasteiger partial charge in [-0.05, 0) is 118 Å². The Morgan fingerprint density at radius 2 is 0.794 bits per heavy atom. The molecule has 4 rings (SSSR count). The molecule has 0 aliphatic carbocycles. The number of aliphatic carboxylic acids is 3. The lowest BCUT2D eigenvalue weighted by atomic mass is 10.1. The summed E-state index contributed by atoms with van der Waals surface area (Å²) in [5.41, 5.74) is 3.76. The number of carboxylic acid groups (broad SMARTS) is 3. The number of hydrogen-bond donors (Lipinski definition) is 16. The van der Waals surface area contributed by atoms with Crippen LogP contribution in [0, 0.1) is 0 Å². The average Bonchev–Trinajstić information content (AvgIpc) is 0.882. The minimum Gasteiger partial charge on any atom is -0.497 e. The fraction of sp³-hybridized carbons (Fsp3) is 0.485. The molecule has 4 aromatic carbocycles. The van der Waals surface area contributed by atoms with Crippen LogP contribution in [-0.4, -0.2) is 168 Å². The average molecular weight is 1500 g/mol. The Morgan fingerprint density at radius 1 is 0.392 bits per heavy atom. The Hall–Kier alpha value is -8.45. The smallest absolute Gasteiger partial charge is 0.497 e. The van der Waals surface area contributed by atoms with Gasteiger partial charge in [-0.2, -0.15) is 0 Å². The van der Waals surface area contributed by atoms with Crippen molar-refractivity contribution < 1.29 is 125 Å². The standard InChI is InChI=1S/C27H36N3O10P.C20H31N2O8P.C19H29N2O8P/c1-39-21-10-6-20(7-11-21)18-26(33)29-16-14-24(31)28-15-4-2-3-5-25(32)30-23(27(34)35)17-19-8-12-22(13-9-19)40-41(36,37)38;1-15(30-31(27,28)29)19(20(25)26)22-18(24)12-6-3-7-14-21-17(23)13-8-11-16-9-4-2-5-10-16;22-17(12-7-10-15-8-3-1-4-9-15)20-13-6-2-5-11-18(23)21-16(19(24)25)14-29-30(26,27)28/h6-13,23H,2-5,14-18H2,1H3,(H,28,31)(H,29,33)(H,30,32)(H,34,35)(H2,36,37,38);2,4-5,9-10,15,19H,3,6-8,11-14H2,1H3,(H,21,23)(H,22,24)(H,25,26)(H2,27,28,29);1,3-4,8-9,16H,2,5-7,10-14H2,(H,20,22)(H,21,23)(H,24,25)(H2,26,27,28)/t;15?,19-;16-/m.00/s1. The molecule has 566 valence electrons. The van der Waals surface area contributed by atoms with Crippen molar-refractivity contribution in [2.75, 3.05) is 39.9 Å². The summed E-state index contributed by atoms with van der Waals surface area (Å²) >= 11 is 0. The van der Waals surface area contributed by atoms with Crippen molar-refractivity contribution in [2.24, 2.45) is 0 Å². The Kier molecular flexibility index (Phi) is 43.9. The van der Waals surface area contributed by atoms with Crippen LogP contribution in [0.1, 0.15) is 138 Å². The van der Waals surface area contributed by atoms with E-state index in [4.69, 9.17) is 44.3 Å². The largest absolute Gasteiger partial charge is 0.524 e. The van der Waals surface area contributed by atoms with Crippen molar-refractivity contribution in [3.8, 4) is 11.5 Å². The normalized spacial score (nSPS) is 12.3. The number of phosphoric acid groups is 3. The topological polar surface area (TPSA) is 525 Å². The first kappa shape index (κ1) is 89.6. The minimum atomic E-state index is -4.87. The third kappa shape index (κ3) is 46.9. The second-order valence-electron chi connectivity index (χ2n) is 23.1. The zero-order valence-electron chi connectivity index (χ0n) is 56.9. The molecule has 7 amide bonds. The second kappa shape index (κ2) is 50.0. The van der Waals surface area contributed by atoms with Crippen LogP contribution in [0.25, 0.3) is 0 Å². The highest BCUT2D eigenvalue weighted by Crippen LogP contribution is 2.39. The summed E-state index contributed by atoms with van der Waals surface area (Å²) in [5, 5.41) is 45.5. The number of carbonyl (C=O) groups is 10. The number of nitrogens with one attached hydrogen (secondary N) is 7. The first-order valence-electron chi connectivity index (χ1n) is 32.8. The third-order valence-electron chi connectivity index (χ3n) is 14.4. The predicted molar refractivity (Wildman–Crippen MR) is 370 cm³/mol. The molecule has 33 nitrogen and oxygen atoms in total. The van der Waals surface area contributed by atoms with Crippen LogP contribution in [-0.2, 0) is 96.4 Å². The molecule has 0 aliphatic heterocycles. The van der Waals surface area contributed by atoms with Crippen molar-refractivity contribution >= 4 is 82.7 Å². The maximum Gasteiger partial charge on any atom is 0.524 e. The number of carboxylic acids is 3. The first-order valence-corrected chi connectivity index (χ1v) is 37.4. The number of carbonyl (C=O) groups excluding carboxylic acids is 7. The summed E-state index contributed by atoms with van der Waals surface area (Å²) in [4.78, 5) is 170. The van der Waals surface area contributed by atoms with E-state index >= 15 is 0 Å². The fourth-order valence-electron chi connectivity index (χ4n) is 9.25. The molecular weight excluding hydrogens is 1400 g/mol. The van der Waals surface area contributed by atoms with Gasteiger partial charge in [-0.25, -0.2) is 28.1 Å². The van der Waals surface area contributed by atoms with Crippen molar-refractivity contribution in [3.05, 3.63) is 131 Å². The van der Waals surface area contributed by atoms with Crippen LogP contribution in [0.2, 0.25) is 0 Å². The van der Waals surface area contributed by atoms with Crippen LogP contribution < -0.4 is 46.5 Å². The van der Waals surface area contributed by atoms with Gasteiger partial charge in [-0.3, -0.25) is 52.4 Å². The monoisotopic (exact) mass is 1500 g/mol. The number of ether oxygens (including phenoxy) is 1. The number of phosphoric ester groups is 3. The van der Waals surface area contributed by atoms with E-state index in [0.29, 0.717) is 102 Å². The molecule has 16 N–H and O–H groups in total. The molecule has 0 spiro atoms. The van der Waals surface area contributed by atoms with Crippen LogP contribution in [0.5, 0.6) is 11.5 Å². The van der Waals surface area contributed by atoms with Gasteiger partial charge in [0.2, 0.25) is 41.4 Å². The van der Waals surface area contributed by atoms with E-state index in [1.54, 1.807) is 31.4 Å². The van der Waals surface area contributed by atoms with E-state index in [0.717, 1.165) is 38.2 Å². The highest BCUT2D eigenvalue weighted by molar-refractivity contribution is 7.47. The lowest BCUT2D eigenvalue weighted by Crippen LogP contribution is -2.48. The molecule has 0 bridgehead atoms. The molecule has 0 heterocycles. The Balaban J connectivity index is 0.000000529. The minimum absolute atomic E-state index is 0.0157. The van der Waals surface area contributed by atoms with Crippen molar-refractivity contribution in [3.63, 3.8) is 0 Å². The number of methoxy groups -OCH3 is 1. The lowest BCUT2D eigenvalue weighted by molar-refractivity contribution is -0.144. The van der Waals surface area contributed by atoms with Gasteiger partial charge in [0.25, 0.3) is 0 Å². The zero-order valence-corrected chi connectivity index (χ0v) is 59.6. The summed E-state index contributed by atoms with van der Waals surface area (Å²) in [6.45, 7) is 1.95. The summed E-state index contributed by atoms with van der Waals surface area (Å²) in [6.07, 6.45) is 8.71. The van der Waals surface area contributed by atoms with Crippen LogP contribution in [0.15, 0.2) is 109 Å². The third-order valence-corrected chi connectivity index (χ3v) is 16.0. The fourth-order valence-corrected chi connectivity index (χ4v) is 10.5. The van der Waals surface area contributed by atoms with Crippen LogP contribution in [0.3, 0.4) is 0 Å². The molecular formula is C66H96N7O26P3. The molecule has 0 saturated heterocycles. The maximum atomic E-state index is 12.2. The number of aryl methyl sites for hydroxylation is 2. The summed E-state index contributed by atoms with van der Waals surface area (Å²) < 4.78 is 50.3. The van der Waals surface area contributed by atoms with E-state index in [2.05, 4.69) is 50.8 Å². The van der Waals surface area contributed by atoms with Crippen molar-refractivity contribution in [2.45, 2.75) is 166 Å². The van der Waals surface area contributed by atoms with Crippen LogP contribution in [0.4, 0.5) is 0 Å². The molecule has 0 radical (unpaired) electrons. The highest BCUT2D eigenvalue weighted by Gasteiger charge is 2.32. The molecule has 0 aromatic heterocycles. The quantitative estimate of drug-likeness (QED) is 0.0208. The van der Waals surface area contributed by atoms with Crippen molar-refractivity contribution in [1.29, 1.82) is 0 Å². The number of benzene rings is 4. The van der Waals surface area contributed by atoms with Gasteiger partial charge in [-0.15, -0.1) is 0 Å². The summed E-state index contributed by atoms with van der Waals surface area (Å²) in [5.74, 6) is -5.43. The Morgan fingerprint density at radius 3 is 1.21 bits per heavy atom. The van der Waals surface area contributed by atoms with E-state index in [9.17, 15) is 66.7 Å². The zero-order chi connectivity index (χ0) is 75.9. The SMILES string of the molecule is CC(OP(=O)(O)O)[C@H](NC(=O)CCCCCNC(=O)CCCc1ccccc1)C(=O)O.COc1ccc(CC(=O)NCCC(=O)NCCCCCC(=O)NC(Cc2ccc(OP(=O)(O)O)cc2)C(=O)O)cc1.O=C(CCCc1ccccc1)NCCCCCC(=O)N[C@@H](COP(=O)(O)O)C(=O)O. The first-order chi connectivity index (χ1) is 48.2. The van der Waals surface area contributed by atoms with Gasteiger partial charge < -0.3 is 81.4 Å². The maximum absolute atomic E-state index is 12.2. The molecule has 4 aromatic rings. The molecule has 2 unspecified atom stereocenters. The second-order valence-corrected chi connectivity index (χ2v) is 26.7. The molecule has 0 aliphatic rings. The van der Waals surface area contributed by atoms with E-state index < -0.39 is 89.9 Å². The van der Waals surface area contributed by atoms with E-state index in [-0.39, 0.29) is 74.4 Å². The van der Waals surface area contributed by atoms with E-state index in [1.807, 2.05) is 60.7 Å². The molecule has 102 heavy (non-hydrogen) atoms.